The number of hydrogen-bond donors (Lipinski definition) is 1. The number of nitrogens with zero attached hydrogens (tertiary/aromatic N) is 1. The molecule has 0 saturated carbocycles. The van der Waals surface area contributed by atoms with Crippen molar-refractivity contribution in [1.82, 2.24) is 4.90 Å². The van der Waals surface area contributed by atoms with Crippen LogP contribution in [0.2, 0.25) is 6.04 Å². The first-order chi connectivity index (χ1) is 7.56. The van der Waals surface area contributed by atoms with Crippen molar-refractivity contribution >= 4 is 15.7 Å². The molecule has 0 rings (SSSR count). The molecule has 0 atom stereocenters. The lowest BCUT2D eigenvalue weighted by atomic mass is 10.3. The van der Waals surface area contributed by atoms with Crippen molar-refractivity contribution in [1.29, 1.82) is 0 Å². The first kappa shape index (κ1) is 15.6. The van der Waals surface area contributed by atoms with Gasteiger partial charge in [0.1, 0.15) is 0 Å². The highest BCUT2D eigenvalue weighted by atomic mass is 28.2. The Morgan fingerprint density at radius 3 is 2.62 bits per heavy atom. The van der Waals surface area contributed by atoms with E-state index < -0.39 is 5.97 Å². The Balaban J connectivity index is 3.44. The highest BCUT2D eigenvalue weighted by Gasteiger charge is 2.05. The molecular weight excluding hydrogens is 222 g/mol. The molecule has 0 fully saturated rings. The monoisotopic (exact) mass is 247 g/mol. The van der Waals surface area contributed by atoms with Gasteiger partial charge in [-0.3, -0.25) is 4.79 Å². The summed E-state index contributed by atoms with van der Waals surface area (Å²) >= 11 is 0. The maximum atomic E-state index is 10.4. The lowest BCUT2D eigenvalue weighted by Gasteiger charge is -2.19. The van der Waals surface area contributed by atoms with E-state index in [4.69, 9.17) is 9.53 Å². The molecular formula is C11H25NO3Si. The van der Waals surface area contributed by atoms with Crippen LogP contribution in [0, 0.1) is 0 Å². The third-order valence-corrected chi connectivity index (χ3v) is 4.10. The van der Waals surface area contributed by atoms with E-state index in [-0.39, 0.29) is 16.2 Å². The zero-order valence-corrected chi connectivity index (χ0v) is 12.2. The zero-order valence-electron chi connectivity index (χ0n) is 10.7. The molecule has 0 aliphatic carbocycles. The summed E-state index contributed by atoms with van der Waals surface area (Å²) < 4.78 is 5.58. The van der Waals surface area contributed by atoms with Crippen LogP contribution in [0.3, 0.4) is 0 Å². The van der Waals surface area contributed by atoms with Gasteiger partial charge in [-0.1, -0.05) is 6.92 Å². The van der Waals surface area contributed by atoms with Crippen LogP contribution in [0.5, 0.6) is 0 Å². The molecule has 0 saturated heterocycles. The molecule has 0 spiro atoms. The summed E-state index contributed by atoms with van der Waals surface area (Å²) in [6.07, 6.45) is 1.74. The van der Waals surface area contributed by atoms with E-state index in [1.165, 1.54) is 6.04 Å². The quantitative estimate of drug-likeness (QED) is 0.464. The fraction of sp³-hybridized carbons (Fsp3) is 0.909. The average molecular weight is 247 g/mol. The Hall–Kier alpha value is -0.393. The molecule has 0 aromatic carbocycles. The van der Waals surface area contributed by atoms with Gasteiger partial charge in [0.05, 0.1) is 6.42 Å². The van der Waals surface area contributed by atoms with Crippen molar-refractivity contribution in [2.45, 2.75) is 45.8 Å². The van der Waals surface area contributed by atoms with Crippen molar-refractivity contribution in [3.63, 3.8) is 0 Å². The van der Waals surface area contributed by atoms with Crippen molar-refractivity contribution in [2.75, 3.05) is 19.6 Å². The Bertz CT molecular complexity index is 188. The highest BCUT2D eigenvalue weighted by Crippen LogP contribution is 1.98. The van der Waals surface area contributed by atoms with Crippen molar-refractivity contribution in [2.24, 2.45) is 0 Å². The summed E-state index contributed by atoms with van der Waals surface area (Å²) in [6.45, 7) is 8.80. The minimum atomic E-state index is -0.712. The van der Waals surface area contributed by atoms with Gasteiger partial charge in [-0.2, -0.15) is 0 Å². The molecule has 0 amide bonds. The number of hydrogen-bond acceptors (Lipinski definition) is 3. The molecule has 0 heterocycles. The SMILES string of the molecule is CCN(CCC[SiH2]OC(C)C)CCC(=O)O. The second kappa shape index (κ2) is 9.81. The maximum absolute atomic E-state index is 10.4. The molecule has 0 aliphatic heterocycles. The van der Waals surface area contributed by atoms with Crippen LogP contribution in [0.25, 0.3) is 0 Å². The number of carbonyl (C=O) groups is 1. The molecule has 0 aromatic heterocycles. The molecule has 0 aliphatic rings. The third-order valence-electron chi connectivity index (χ3n) is 2.41. The van der Waals surface area contributed by atoms with Gasteiger partial charge in [0.2, 0.25) is 0 Å². The van der Waals surface area contributed by atoms with Crippen LogP contribution in [-0.2, 0) is 9.22 Å². The smallest absolute Gasteiger partial charge is 0.304 e. The Morgan fingerprint density at radius 2 is 2.12 bits per heavy atom. The van der Waals surface area contributed by atoms with E-state index in [0.717, 1.165) is 19.5 Å². The lowest BCUT2D eigenvalue weighted by Crippen LogP contribution is -2.27. The largest absolute Gasteiger partial charge is 0.481 e. The first-order valence-corrected chi connectivity index (χ1v) is 7.69. The topological polar surface area (TPSA) is 49.8 Å². The van der Waals surface area contributed by atoms with Crippen LogP contribution in [0.4, 0.5) is 0 Å². The van der Waals surface area contributed by atoms with E-state index in [2.05, 4.69) is 25.7 Å². The fourth-order valence-corrected chi connectivity index (χ4v) is 2.50. The summed E-state index contributed by atoms with van der Waals surface area (Å²) in [6, 6.07) is 1.18. The average Bonchev–Trinajstić information content (AvgIpc) is 2.21. The summed E-state index contributed by atoms with van der Waals surface area (Å²) in [4.78, 5) is 12.6. The summed E-state index contributed by atoms with van der Waals surface area (Å²) in [5.74, 6) is -0.712. The predicted molar refractivity (Wildman–Crippen MR) is 68.6 cm³/mol. The van der Waals surface area contributed by atoms with E-state index in [1.807, 2.05) is 0 Å². The summed E-state index contributed by atoms with van der Waals surface area (Å²) in [7, 11) is -0.359. The van der Waals surface area contributed by atoms with Crippen molar-refractivity contribution in [3.05, 3.63) is 0 Å². The van der Waals surface area contributed by atoms with E-state index in [0.29, 0.717) is 12.6 Å². The molecule has 5 heteroatoms. The van der Waals surface area contributed by atoms with Gasteiger partial charge in [0.25, 0.3) is 0 Å². The molecule has 96 valence electrons. The molecule has 0 bridgehead atoms. The molecule has 1 N–H and O–H groups in total. The van der Waals surface area contributed by atoms with Crippen LogP contribution in [-0.4, -0.2) is 51.5 Å². The van der Waals surface area contributed by atoms with Crippen LogP contribution in [0.15, 0.2) is 0 Å². The van der Waals surface area contributed by atoms with Gasteiger partial charge in [0, 0.05) is 12.6 Å². The summed E-state index contributed by atoms with van der Waals surface area (Å²) in [5.41, 5.74) is 0. The van der Waals surface area contributed by atoms with E-state index in [1.54, 1.807) is 0 Å². The van der Waals surface area contributed by atoms with Crippen LogP contribution < -0.4 is 0 Å². The Labute approximate surface area is 101 Å². The van der Waals surface area contributed by atoms with Crippen LogP contribution in [0.1, 0.15) is 33.6 Å². The molecule has 0 radical (unpaired) electrons. The lowest BCUT2D eigenvalue weighted by molar-refractivity contribution is -0.137. The Morgan fingerprint density at radius 1 is 1.44 bits per heavy atom. The molecule has 4 nitrogen and oxygen atoms in total. The maximum Gasteiger partial charge on any atom is 0.304 e. The second-order valence-corrected chi connectivity index (χ2v) is 5.65. The third kappa shape index (κ3) is 10.1. The first-order valence-electron chi connectivity index (χ1n) is 6.12. The molecule has 0 unspecified atom stereocenters. The number of rotatable bonds is 10. The Kier molecular flexibility index (Phi) is 9.57. The standard InChI is InChI=1S/C11H25NO3Si/c1-4-12(8-6-11(13)14)7-5-9-16-15-10(2)3/h10H,4-9,16H2,1-3H3,(H,13,14). The van der Waals surface area contributed by atoms with E-state index in [9.17, 15) is 4.79 Å². The molecule has 16 heavy (non-hydrogen) atoms. The van der Waals surface area contributed by atoms with Gasteiger partial charge < -0.3 is 14.4 Å². The van der Waals surface area contributed by atoms with Gasteiger partial charge in [-0.15, -0.1) is 0 Å². The van der Waals surface area contributed by atoms with Gasteiger partial charge in [0.15, 0.2) is 9.76 Å². The van der Waals surface area contributed by atoms with Crippen molar-refractivity contribution < 1.29 is 14.3 Å². The van der Waals surface area contributed by atoms with Gasteiger partial charge >= 0.3 is 5.97 Å². The predicted octanol–water partition coefficient (Wildman–Crippen LogP) is 1.10. The van der Waals surface area contributed by atoms with Crippen LogP contribution >= 0.6 is 0 Å². The second-order valence-electron chi connectivity index (χ2n) is 4.20. The summed E-state index contributed by atoms with van der Waals surface area (Å²) in [5, 5.41) is 8.59. The normalized spacial score (nSPS) is 12.1. The van der Waals surface area contributed by atoms with Gasteiger partial charge in [-0.25, -0.2) is 0 Å². The zero-order chi connectivity index (χ0) is 12.4. The number of carboxylic acids is 1. The minimum absolute atomic E-state index is 0.244. The van der Waals surface area contributed by atoms with E-state index >= 15 is 0 Å². The number of carboxylic acid groups (broad SMARTS) is 1. The highest BCUT2D eigenvalue weighted by molar-refractivity contribution is 6.27. The minimum Gasteiger partial charge on any atom is -0.481 e. The fourth-order valence-electron chi connectivity index (χ4n) is 1.44. The van der Waals surface area contributed by atoms with Crippen molar-refractivity contribution in [3.8, 4) is 0 Å². The van der Waals surface area contributed by atoms with Gasteiger partial charge in [-0.05, 0) is 39.4 Å². The molecule has 0 aromatic rings. The number of aliphatic carboxylic acids is 1.